The highest BCUT2D eigenvalue weighted by Gasteiger charge is 2.12. The first-order valence-corrected chi connectivity index (χ1v) is 7.57. The summed E-state index contributed by atoms with van der Waals surface area (Å²) in [4.78, 5) is 35.0. The van der Waals surface area contributed by atoms with Gasteiger partial charge in [0.2, 0.25) is 0 Å². The first kappa shape index (κ1) is 18.4. The Balaban J connectivity index is 1.74. The normalized spacial score (nSPS) is 10.0. The molecule has 0 saturated heterocycles. The summed E-state index contributed by atoms with van der Waals surface area (Å²) in [5.41, 5.74) is 0.598. The van der Waals surface area contributed by atoms with E-state index in [-0.39, 0.29) is 17.3 Å². The van der Waals surface area contributed by atoms with Gasteiger partial charge >= 0.3 is 5.97 Å². The van der Waals surface area contributed by atoms with Crippen molar-refractivity contribution in [1.82, 2.24) is 5.32 Å². The Morgan fingerprint density at radius 2 is 1.80 bits per heavy atom. The fourth-order valence-electron chi connectivity index (χ4n) is 1.82. The SMILES string of the molecule is O=C(COC(=O)CNC(=O)c1ccccc1)Nc1ccc(F)cc1Cl. The molecular weight excluding hydrogens is 351 g/mol. The van der Waals surface area contributed by atoms with Crippen LogP contribution in [0.3, 0.4) is 0 Å². The Morgan fingerprint density at radius 1 is 1.08 bits per heavy atom. The Labute approximate surface area is 147 Å². The molecule has 0 aromatic heterocycles. The van der Waals surface area contributed by atoms with Crippen molar-refractivity contribution in [2.45, 2.75) is 0 Å². The van der Waals surface area contributed by atoms with Gasteiger partial charge in [-0.05, 0) is 30.3 Å². The second-order valence-electron chi connectivity index (χ2n) is 4.88. The second-order valence-corrected chi connectivity index (χ2v) is 5.29. The molecule has 2 aromatic carbocycles. The van der Waals surface area contributed by atoms with Crippen LogP contribution in [0.4, 0.5) is 10.1 Å². The molecule has 0 aliphatic carbocycles. The zero-order valence-electron chi connectivity index (χ0n) is 12.9. The summed E-state index contributed by atoms with van der Waals surface area (Å²) >= 11 is 5.77. The van der Waals surface area contributed by atoms with E-state index in [4.69, 9.17) is 16.3 Å². The number of amides is 2. The Hall–Kier alpha value is -2.93. The Bertz CT molecular complexity index is 783. The number of benzene rings is 2. The zero-order valence-corrected chi connectivity index (χ0v) is 13.7. The smallest absolute Gasteiger partial charge is 0.325 e. The lowest BCUT2D eigenvalue weighted by atomic mass is 10.2. The highest BCUT2D eigenvalue weighted by atomic mass is 35.5. The van der Waals surface area contributed by atoms with Gasteiger partial charge in [0.25, 0.3) is 11.8 Å². The molecule has 25 heavy (non-hydrogen) atoms. The van der Waals surface area contributed by atoms with E-state index in [1.807, 2.05) is 0 Å². The van der Waals surface area contributed by atoms with Crippen molar-refractivity contribution in [3.63, 3.8) is 0 Å². The van der Waals surface area contributed by atoms with Crippen LogP contribution in [0, 0.1) is 5.82 Å². The molecule has 2 amide bonds. The number of hydrogen-bond acceptors (Lipinski definition) is 4. The van der Waals surface area contributed by atoms with E-state index in [1.54, 1.807) is 30.3 Å². The largest absolute Gasteiger partial charge is 0.454 e. The summed E-state index contributed by atoms with van der Waals surface area (Å²) in [7, 11) is 0. The average Bonchev–Trinajstić information content (AvgIpc) is 2.61. The predicted octanol–water partition coefficient (Wildman–Crippen LogP) is 2.39. The topological polar surface area (TPSA) is 84.5 Å². The van der Waals surface area contributed by atoms with Gasteiger partial charge in [0, 0.05) is 5.56 Å². The summed E-state index contributed by atoms with van der Waals surface area (Å²) in [5.74, 6) is -2.38. The van der Waals surface area contributed by atoms with Crippen LogP contribution in [0.5, 0.6) is 0 Å². The maximum atomic E-state index is 12.9. The van der Waals surface area contributed by atoms with Gasteiger partial charge in [-0.1, -0.05) is 29.8 Å². The summed E-state index contributed by atoms with van der Waals surface area (Å²) in [6, 6.07) is 11.8. The van der Waals surface area contributed by atoms with Gasteiger partial charge < -0.3 is 15.4 Å². The molecule has 6 nitrogen and oxygen atoms in total. The number of esters is 1. The molecule has 2 rings (SSSR count). The first-order chi connectivity index (χ1) is 12.0. The van der Waals surface area contributed by atoms with Crippen molar-refractivity contribution >= 4 is 35.1 Å². The van der Waals surface area contributed by atoms with Crippen molar-refractivity contribution in [2.24, 2.45) is 0 Å². The second kappa shape index (κ2) is 8.79. The van der Waals surface area contributed by atoms with Crippen LogP contribution in [0.25, 0.3) is 0 Å². The molecule has 0 aliphatic heterocycles. The lowest BCUT2D eigenvalue weighted by Gasteiger charge is -2.08. The van der Waals surface area contributed by atoms with E-state index in [1.165, 1.54) is 6.07 Å². The van der Waals surface area contributed by atoms with Crippen molar-refractivity contribution in [1.29, 1.82) is 0 Å². The maximum absolute atomic E-state index is 12.9. The molecule has 0 spiro atoms. The molecule has 0 unspecified atom stereocenters. The van der Waals surface area contributed by atoms with Gasteiger partial charge in [-0.2, -0.15) is 0 Å². The molecule has 130 valence electrons. The van der Waals surface area contributed by atoms with Gasteiger partial charge in [0.15, 0.2) is 6.61 Å². The van der Waals surface area contributed by atoms with Crippen molar-refractivity contribution in [3.8, 4) is 0 Å². The van der Waals surface area contributed by atoms with E-state index in [9.17, 15) is 18.8 Å². The van der Waals surface area contributed by atoms with Crippen LogP contribution in [0.15, 0.2) is 48.5 Å². The van der Waals surface area contributed by atoms with Crippen LogP contribution < -0.4 is 10.6 Å². The van der Waals surface area contributed by atoms with Crippen molar-refractivity contribution in [2.75, 3.05) is 18.5 Å². The van der Waals surface area contributed by atoms with Crippen molar-refractivity contribution < 1.29 is 23.5 Å². The van der Waals surface area contributed by atoms with Crippen molar-refractivity contribution in [3.05, 3.63) is 64.9 Å². The maximum Gasteiger partial charge on any atom is 0.325 e. The zero-order chi connectivity index (χ0) is 18.2. The summed E-state index contributed by atoms with van der Waals surface area (Å²) in [6.45, 7) is -0.938. The number of hydrogen-bond donors (Lipinski definition) is 2. The Kier molecular flexibility index (Phi) is 6.47. The van der Waals surface area contributed by atoms with Crippen LogP contribution in [-0.2, 0) is 14.3 Å². The molecule has 0 fully saturated rings. The number of halogens is 2. The van der Waals surface area contributed by atoms with E-state index in [0.29, 0.717) is 5.56 Å². The third kappa shape index (κ3) is 5.89. The van der Waals surface area contributed by atoms with Gasteiger partial charge in [-0.3, -0.25) is 14.4 Å². The van der Waals surface area contributed by atoms with Gasteiger partial charge in [0.05, 0.1) is 10.7 Å². The fourth-order valence-corrected chi connectivity index (χ4v) is 2.03. The van der Waals surface area contributed by atoms with Crippen LogP contribution in [-0.4, -0.2) is 30.9 Å². The van der Waals surface area contributed by atoms with E-state index >= 15 is 0 Å². The summed E-state index contributed by atoms with van der Waals surface area (Å²) in [6.07, 6.45) is 0. The minimum Gasteiger partial charge on any atom is -0.454 e. The molecule has 2 N–H and O–H groups in total. The number of ether oxygens (including phenoxy) is 1. The predicted molar refractivity (Wildman–Crippen MR) is 89.8 cm³/mol. The Morgan fingerprint density at radius 3 is 2.48 bits per heavy atom. The molecule has 0 aliphatic rings. The number of carbonyl (C=O) groups is 3. The molecule has 2 aromatic rings. The molecule has 8 heteroatoms. The third-order valence-corrected chi connectivity index (χ3v) is 3.31. The standard InChI is InChI=1S/C17H14ClFN2O4/c18-13-8-12(19)6-7-14(13)21-15(22)10-25-16(23)9-20-17(24)11-4-2-1-3-5-11/h1-8H,9-10H2,(H,20,24)(H,21,22). The fraction of sp³-hybridized carbons (Fsp3) is 0.118. The quantitative estimate of drug-likeness (QED) is 0.771. The lowest BCUT2D eigenvalue weighted by Crippen LogP contribution is -2.32. The minimum absolute atomic E-state index is 0.0230. The average molecular weight is 365 g/mol. The lowest BCUT2D eigenvalue weighted by molar-refractivity contribution is -0.146. The molecule has 0 radical (unpaired) electrons. The molecule has 0 heterocycles. The highest BCUT2D eigenvalue weighted by Crippen LogP contribution is 2.22. The van der Waals surface area contributed by atoms with E-state index in [0.717, 1.165) is 12.1 Å². The van der Waals surface area contributed by atoms with Crippen LogP contribution >= 0.6 is 11.6 Å². The minimum atomic E-state index is -0.773. The van der Waals surface area contributed by atoms with Gasteiger partial charge in [0.1, 0.15) is 12.4 Å². The van der Waals surface area contributed by atoms with Gasteiger partial charge in [-0.25, -0.2) is 4.39 Å². The first-order valence-electron chi connectivity index (χ1n) is 7.19. The monoisotopic (exact) mass is 364 g/mol. The third-order valence-electron chi connectivity index (χ3n) is 3.00. The molecule has 0 atom stereocenters. The van der Waals surface area contributed by atoms with E-state index < -0.39 is 30.2 Å². The number of carbonyl (C=O) groups excluding carboxylic acids is 3. The molecule has 0 saturated carbocycles. The number of nitrogens with one attached hydrogen (secondary N) is 2. The summed E-state index contributed by atoms with van der Waals surface area (Å²) in [5, 5.41) is 4.78. The number of anilines is 1. The molecule has 0 bridgehead atoms. The highest BCUT2D eigenvalue weighted by molar-refractivity contribution is 6.33. The van der Waals surface area contributed by atoms with Crippen LogP contribution in [0.2, 0.25) is 5.02 Å². The molecular formula is C17H14ClFN2O4. The number of rotatable bonds is 6. The summed E-state index contributed by atoms with van der Waals surface area (Å²) < 4.78 is 17.7. The van der Waals surface area contributed by atoms with Gasteiger partial charge in [-0.15, -0.1) is 0 Å². The van der Waals surface area contributed by atoms with E-state index in [2.05, 4.69) is 10.6 Å². The van der Waals surface area contributed by atoms with Crippen LogP contribution in [0.1, 0.15) is 10.4 Å².